The van der Waals surface area contributed by atoms with Gasteiger partial charge in [-0.1, -0.05) is 47.1 Å². The molecule has 3 aromatic rings. The third kappa shape index (κ3) is 5.04. The van der Waals surface area contributed by atoms with Gasteiger partial charge in [0.1, 0.15) is 0 Å². The van der Waals surface area contributed by atoms with Crippen LogP contribution < -0.4 is 5.32 Å². The lowest BCUT2D eigenvalue weighted by Gasteiger charge is -2.30. The summed E-state index contributed by atoms with van der Waals surface area (Å²) in [5, 5.41) is 7.60. The van der Waals surface area contributed by atoms with Gasteiger partial charge in [-0.2, -0.15) is 4.98 Å². The van der Waals surface area contributed by atoms with Crippen LogP contribution in [0.1, 0.15) is 18.7 Å². The number of nitrogens with one attached hydrogen (secondary N) is 1. The summed E-state index contributed by atoms with van der Waals surface area (Å²) in [6.07, 6.45) is 1.80. The first-order valence-electron chi connectivity index (χ1n) is 9.45. The Kier molecular flexibility index (Phi) is 6.28. The Bertz CT molecular complexity index is 995. The number of amides is 1. The number of carbonyl (C=O) groups excluding carboxylic acids is 1. The van der Waals surface area contributed by atoms with Crippen LogP contribution >= 0.6 is 27.5 Å². The Hall–Kier alpha value is -2.22. The predicted octanol–water partition coefficient (Wildman–Crippen LogP) is 5.00. The molecule has 29 heavy (non-hydrogen) atoms. The molecule has 1 atom stereocenters. The van der Waals surface area contributed by atoms with E-state index in [-0.39, 0.29) is 11.8 Å². The largest absolute Gasteiger partial charge is 0.338 e. The minimum atomic E-state index is -0.0947. The van der Waals surface area contributed by atoms with Crippen LogP contribution in [0, 0.1) is 5.92 Å². The molecule has 1 unspecified atom stereocenters. The predicted molar refractivity (Wildman–Crippen MR) is 116 cm³/mol. The second kappa shape index (κ2) is 9.07. The molecule has 8 heteroatoms. The highest BCUT2D eigenvalue weighted by molar-refractivity contribution is 9.10. The molecule has 1 aliphatic rings. The summed E-state index contributed by atoms with van der Waals surface area (Å²) < 4.78 is 6.22. The molecule has 6 nitrogen and oxygen atoms in total. The van der Waals surface area contributed by atoms with Crippen LogP contribution in [-0.2, 0) is 11.3 Å². The van der Waals surface area contributed by atoms with Crippen LogP contribution in [0.3, 0.4) is 0 Å². The Labute approximate surface area is 182 Å². The van der Waals surface area contributed by atoms with Gasteiger partial charge >= 0.3 is 0 Å². The Balaban J connectivity index is 1.36. The summed E-state index contributed by atoms with van der Waals surface area (Å²) >= 11 is 9.47. The molecule has 1 aliphatic heterocycles. The number of halogens is 2. The van der Waals surface area contributed by atoms with Crippen molar-refractivity contribution in [2.24, 2.45) is 5.92 Å². The fourth-order valence-electron chi connectivity index (χ4n) is 3.45. The number of aromatic nitrogens is 2. The first-order chi connectivity index (χ1) is 14.1. The highest BCUT2D eigenvalue weighted by Crippen LogP contribution is 2.27. The van der Waals surface area contributed by atoms with Crippen molar-refractivity contribution < 1.29 is 9.32 Å². The molecule has 0 aliphatic carbocycles. The molecule has 1 N–H and O–H groups in total. The Morgan fingerprint density at radius 2 is 2.10 bits per heavy atom. The standard InChI is InChI=1S/C21H20BrClN4O2/c22-17-9-8-16(11-18(17)23)24-21(28)15-7-4-10-27(12-15)13-19-25-20(26-29-19)14-5-2-1-3-6-14/h1-3,5-6,8-9,11,15H,4,7,10,12-13H2,(H,24,28). The summed E-state index contributed by atoms with van der Waals surface area (Å²) in [7, 11) is 0. The zero-order valence-corrected chi connectivity index (χ0v) is 18.0. The lowest BCUT2D eigenvalue weighted by Crippen LogP contribution is -2.40. The number of nitrogens with zero attached hydrogens (tertiary/aromatic N) is 3. The summed E-state index contributed by atoms with van der Waals surface area (Å²) in [6, 6.07) is 15.1. The van der Waals surface area contributed by atoms with Crippen molar-refractivity contribution in [3.8, 4) is 11.4 Å². The SMILES string of the molecule is O=C(Nc1ccc(Br)c(Cl)c1)C1CCCN(Cc2nc(-c3ccccc3)no2)C1. The summed E-state index contributed by atoms with van der Waals surface area (Å²) in [6.45, 7) is 2.09. The van der Waals surface area contributed by atoms with E-state index < -0.39 is 0 Å². The third-order valence-corrected chi connectivity index (χ3v) is 6.15. The van der Waals surface area contributed by atoms with Crippen molar-refractivity contribution in [1.29, 1.82) is 0 Å². The zero-order chi connectivity index (χ0) is 20.2. The average Bonchev–Trinajstić information content (AvgIpc) is 3.20. The lowest BCUT2D eigenvalue weighted by atomic mass is 9.97. The van der Waals surface area contributed by atoms with Gasteiger partial charge in [0.05, 0.1) is 17.5 Å². The molecule has 0 spiro atoms. The van der Waals surface area contributed by atoms with Crippen molar-refractivity contribution in [2.45, 2.75) is 19.4 Å². The molecule has 2 heterocycles. The van der Waals surface area contributed by atoms with Crippen molar-refractivity contribution >= 4 is 39.1 Å². The number of hydrogen-bond acceptors (Lipinski definition) is 5. The molecule has 2 aromatic carbocycles. The quantitative estimate of drug-likeness (QED) is 0.562. The molecule has 1 fully saturated rings. The van der Waals surface area contributed by atoms with Crippen LogP contribution in [0.5, 0.6) is 0 Å². The molecule has 1 aromatic heterocycles. The summed E-state index contributed by atoms with van der Waals surface area (Å²) in [5.74, 6) is 1.05. The second-order valence-electron chi connectivity index (χ2n) is 7.07. The van der Waals surface area contributed by atoms with Crippen molar-refractivity contribution in [1.82, 2.24) is 15.0 Å². The maximum atomic E-state index is 12.7. The fraction of sp³-hybridized carbons (Fsp3) is 0.286. The van der Waals surface area contributed by atoms with Gasteiger partial charge in [0.15, 0.2) is 0 Å². The van der Waals surface area contributed by atoms with Crippen LogP contribution in [0.25, 0.3) is 11.4 Å². The van der Waals surface area contributed by atoms with Gasteiger partial charge < -0.3 is 9.84 Å². The fourth-order valence-corrected chi connectivity index (χ4v) is 3.87. The Morgan fingerprint density at radius 1 is 1.28 bits per heavy atom. The second-order valence-corrected chi connectivity index (χ2v) is 8.33. The first-order valence-corrected chi connectivity index (χ1v) is 10.6. The minimum Gasteiger partial charge on any atom is -0.338 e. The van der Waals surface area contributed by atoms with E-state index in [1.165, 1.54) is 0 Å². The number of likely N-dealkylation sites (tertiary alicyclic amines) is 1. The summed E-state index contributed by atoms with van der Waals surface area (Å²) in [5.41, 5.74) is 1.62. The van der Waals surface area contributed by atoms with Crippen LogP contribution in [0.2, 0.25) is 5.02 Å². The van der Waals surface area contributed by atoms with E-state index in [1.54, 1.807) is 6.07 Å². The summed E-state index contributed by atoms with van der Waals surface area (Å²) in [4.78, 5) is 19.4. The van der Waals surface area contributed by atoms with Crippen LogP contribution in [0.4, 0.5) is 5.69 Å². The highest BCUT2D eigenvalue weighted by atomic mass is 79.9. The number of carbonyl (C=O) groups is 1. The number of hydrogen-bond donors (Lipinski definition) is 1. The van der Waals surface area contributed by atoms with Crippen molar-refractivity contribution in [3.05, 3.63) is 63.9 Å². The van der Waals surface area contributed by atoms with Crippen LogP contribution in [-0.4, -0.2) is 34.0 Å². The topological polar surface area (TPSA) is 71.3 Å². The average molecular weight is 476 g/mol. The van der Waals surface area contributed by atoms with E-state index in [1.807, 2.05) is 42.5 Å². The van der Waals surface area contributed by atoms with E-state index in [0.29, 0.717) is 35.5 Å². The van der Waals surface area contributed by atoms with Gasteiger partial charge in [-0.05, 0) is 53.5 Å². The van der Waals surface area contributed by atoms with Gasteiger partial charge in [-0.25, -0.2) is 0 Å². The number of anilines is 1. The molecule has 1 amide bonds. The number of benzene rings is 2. The van der Waals surface area contributed by atoms with Crippen molar-refractivity contribution in [2.75, 3.05) is 18.4 Å². The molecule has 0 bridgehead atoms. The highest BCUT2D eigenvalue weighted by Gasteiger charge is 2.27. The molecule has 0 radical (unpaired) electrons. The molecule has 1 saturated heterocycles. The van der Waals surface area contributed by atoms with Crippen molar-refractivity contribution in [3.63, 3.8) is 0 Å². The van der Waals surface area contributed by atoms with Gasteiger partial charge in [0.25, 0.3) is 0 Å². The molecular formula is C21H20BrClN4O2. The minimum absolute atomic E-state index is 0.00333. The van der Waals surface area contributed by atoms with E-state index in [2.05, 4.69) is 36.3 Å². The van der Waals surface area contributed by atoms with E-state index in [4.69, 9.17) is 16.1 Å². The smallest absolute Gasteiger partial charge is 0.241 e. The monoisotopic (exact) mass is 474 g/mol. The Morgan fingerprint density at radius 3 is 2.90 bits per heavy atom. The van der Waals surface area contributed by atoms with Crippen LogP contribution in [0.15, 0.2) is 57.5 Å². The van der Waals surface area contributed by atoms with E-state index in [0.717, 1.165) is 29.4 Å². The normalized spacial score (nSPS) is 17.2. The lowest BCUT2D eigenvalue weighted by molar-refractivity contribution is -0.121. The molecular weight excluding hydrogens is 456 g/mol. The first kappa shape index (κ1) is 20.1. The van der Waals surface area contributed by atoms with Gasteiger partial charge in [-0.3, -0.25) is 9.69 Å². The van der Waals surface area contributed by atoms with Gasteiger partial charge in [0.2, 0.25) is 17.6 Å². The number of piperidine rings is 1. The molecule has 4 rings (SSSR count). The maximum absolute atomic E-state index is 12.7. The van der Waals surface area contributed by atoms with E-state index >= 15 is 0 Å². The van der Waals surface area contributed by atoms with E-state index in [9.17, 15) is 4.79 Å². The molecule has 0 saturated carbocycles. The van der Waals surface area contributed by atoms with Gasteiger partial charge in [0, 0.05) is 22.3 Å². The maximum Gasteiger partial charge on any atom is 0.241 e. The van der Waals surface area contributed by atoms with Gasteiger partial charge in [-0.15, -0.1) is 0 Å². The zero-order valence-electron chi connectivity index (χ0n) is 15.6. The third-order valence-electron chi connectivity index (χ3n) is 4.92. The number of rotatable bonds is 5. The molecule has 150 valence electrons.